The van der Waals surface area contributed by atoms with Gasteiger partial charge in [0.15, 0.2) is 0 Å². The lowest BCUT2D eigenvalue weighted by Gasteiger charge is -2.34. The summed E-state index contributed by atoms with van der Waals surface area (Å²) >= 11 is 5.00. The monoisotopic (exact) mass is 265 g/mol. The summed E-state index contributed by atoms with van der Waals surface area (Å²) in [5, 5.41) is 5.03. The van der Waals surface area contributed by atoms with Gasteiger partial charge in [-0.1, -0.05) is 44.3 Å². The Morgan fingerprint density at radius 3 is 1.94 bits per heavy atom. The van der Waals surface area contributed by atoms with Gasteiger partial charge in [-0.25, -0.2) is 5.14 Å². The van der Waals surface area contributed by atoms with E-state index in [1.54, 1.807) is 0 Å². The summed E-state index contributed by atoms with van der Waals surface area (Å²) in [6, 6.07) is 0. The third-order valence-corrected chi connectivity index (χ3v) is 4.08. The highest BCUT2D eigenvalue weighted by Crippen LogP contribution is 2.27. The van der Waals surface area contributed by atoms with Crippen LogP contribution in [0.1, 0.15) is 44.9 Å². The first-order valence-corrected chi connectivity index (χ1v) is 7.43. The van der Waals surface area contributed by atoms with Crippen LogP contribution in [-0.2, 0) is 10.2 Å². The Labute approximate surface area is 102 Å². The van der Waals surface area contributed by atoms with Gasteiger partial charge in [0.05, 0.1) is 10.5 Å². The maximum Gasteiger partial charge on any atom is 0.275 e. The molecule has 0 amide bonds. The molecule has 5 nitrogen and oxygen atoms in total. The molecule has 0 bridgehead atoms. The first-order chi connectivity index (χ1) is 7.36. The third-order valence-electron chi connectivity index (χ3n) is 3.02. The standard InChI is InChI=1S/C9H19N3O2S2/c10-8(15)9(12-16(11,13)14)6-4-2-1-3-5-7-9/h12H,1-7H2,(H2,10,15)(H2,11,13,14). The third kappa shape index (κ3) is 3.97. The Bertz CT molecular complexity index is 346. The minimum atomic E-state index is -3.77. The maximum absolute atomic E-state index is 11.2. The molecule has 1 saturated carbocycles. The second-order valence-electron chi connectivity index (χ2n) is 4.36. The summed E-state index contributed by atoms with van der Waals surface area (Å²) in [4.78, 5) is 0.198. The van der Waals surface area contributed by atoms with E-state index < -0.39 is 15.7 Å². The van der Waals surface area contributed by atoms with Crippen LogP contribution in [0.2, 0.25) is 0 Å². The van der Waals surface area contributed by atoms with Crippen LogP contribution >= 0.6 is 12.2 Å². The van der Waals surface area contributed by atoms with E-state index in [1.165, 1.54) is 6.42 Å². The summed E-state index contributed by atoms with van der Waals surface area (Å²) in [7, 11) is -3.77. The highest BCUT2D eigenvalue weighted by molar-refractivity contribution is 7.87. The van der Waals surface area contributed by atoms with Crippen LogP contribution in [0.15, 0.2) is 0 Å². The van der Waals surface area contributed by atoms with Crippen molar-refractivity contribution in [2.45, 2.75) is 50.5 Å². The molecule has 16 heavy (non-hydrogen) atoms. The minimum Gasteiger partial charge on any atom is -0.392 e. The van der Waals surface area contributed by atoms with Gasteiger partial charge in [0, 0.05) is 0 Å². The largest absolute Gasteiger partial charge is 0.392 e. The molecule has 0 radical (unpaired) electrons. The van der Waals surface area contributed by atoms with Crippen molar-refractivity contribution in [2.75, 3.05) is 0 Å². The Morgan fingerprint density at radius 1 is 1.12 bits per heavy atom. The van der Waals surface area contributed by atoms with Crippen molar-refractivity contribution in [1.82, 2.24) is 4.72 Å². The fraction of sp³-hybridized carbons (Fsp3) is 0.889. The second-order valence-corrected chi connectivity index (χ2v) is 6.10. The predicted molar refractivity (Wildman–Crippen MR) is 68.1 cm³/mol. The summed E-state index contributed by atoms with van der Waals surface area (Å²) in [6.07, 6.45) is 6.45. The van der Waals surface area contributed by atoms with Gasteiger partial charge in [-0.15, -0.1) is 0 Å². The van der Waals surface area contributed by atoms with E-state index in [4.69, 9.17) is 23.1 Å². The maximum atomic E-state index is 11.2. The van der Waals surface area contributed by atoms with Crippen LogP contribution < -0.4 is 15.6 Å². The average Bonchev–Trinajstić information content (AvgIpc) is 2.07. The van der Waals surface area contributed by atoms with Crippen molar-refractivity contribution in [1.29, 1.82) is 0 Å². The van der Waals surface area contributed by atoms with E-state index in [0.29, 0.717) is 12.8 Å². The molecular weight excluding hydrogens is 246 g/mol. The number of thiocarbonyl (C=S) groups is 1. The summed E-state index contributed by atoms with van der Waals surface area (Å²) in [6.45, 7) is 0. The van der Waals surface area contributed by atoms with Crippen molar-refractivity contribution in [3.63, 3.8) is 0 Å². The molecular formula is C9H19N3O2S2. The molecule has 0 spiro atoms. The molecule has 1 aliphatic carbocycles. The van der Waals surface area contributed by atoms with Gasteiger partial charge in [-0.2, -0.15) is 13.1 Å². The number of nitrogens with two attached hydrogens (primary N) is 2. The molecule has 1 fully saturated rings. The van der Waals surface area contributed by atoms with Gasteiger partial charge in [0.1, 0.15) is 0 Å². The molecule has 7 heteroatoms. The van der Waals surface area contributed by atoms with Gasteiger partial charge in [0.25, 0.3) is 10.2 Å². The first kappa shape index (κ1) is 13.8. The summed E-state index contributed by atoms with van der Waals surface area (Å²) in [5.74, 6) is 0. The van der Waals surface area contributed by atoms with E-state index in [2.05, 4.69) is 4.72 Å². The van der Waals surface area contributed by atoms with E-state index in [0.717, 1.165) is 25.7 Å². The van der Waals surface area contributed by atoms with Crippen LogP contribution in [0.5, 0.6) is 0 Å². The van der Waals surface area contributed by atoms with Gasteiger partial charge in [0.2, 0.25) is 0 Å². The quantitative estimate of drug-likeness (QED) is 0.649. The van der Waals surface area contributed by atoms with E-state index in [-0.39, 0.29) is 4.99 Å². The van der Waals surface area contributed by atoms with Crippen molar-refractivity contribution >= 4 is 27.4 Å². The van der Waals surface area contributed by atoms with Crippen LogP contribution in [0.25, 0.3) is 0 Å². The van der Waals surface area contributed by atoms with Crippen LogP contribution in [0, 0.1) is 0 Å². The van der Waals surface area contributed by atoms with Crippen LogP contribution in [-0.4, -0.2) is 18.9 Å². The highest BCUT2D eigenvalue weighted by atomic mass is 32.2. The molecule has 0 atom stereocenters. The summed E-state index contributed by atoms with van der Waals surface area (Å²) < 4.78 is 24.7. The lowest BCUT2D eigenvalue weighted by atomic mass is 9.85. The Hall–Kier alpha value is -0.240. The zero-order chi connectivity index (χ0) is 12.2. The van der Waals surface area contributed by atoms with Crippen molar-refractivity contribution in [3.8, 4) is 0 Å². The van der Waals surface area contributed by atoms with Gasteiger partial charge < -0.3 is 5.73 Å². The van der Waals surface area contributed by atoms with Gasteiger partial charge in [-0.05, 0) is 12.8 Å². The van der Waals surface area contributed by atoms with Crippen molar-refractivity contribution in [2.24, 2.45) is 10.9 Å². The van der Waals surface area contributed by atoms with Gasteiger partial charge in [-0.3, -0.25) is 0 Å². The molecule has 94 valence electrons. The predicted octanol–water partition coefficient (Wildman–Crippen LogP) is 0.549. The molecule has 0 unspecified atom stereocenters. The fourth-order valence-electron chi connectivity index (χ4n) is 2.18. The van der Waals surface area contributed by atoms with Crippen LogP contribution in [0.3, 0.4) is 0 Å². The smallest absolute Gasteiger partial charge is 0.275 e. The van der Waals surface area contributed by atoms with Crippen molar-refractivity contribution in [3.05, 3.63) is 0 Å². The highest BCUT2D eigenvalue weighted by Gasteiger charge is 2.36. The van der Waals surface area contributed by atoms with Crippen LogP contribution in [0.4, 0.5) is 0 Å². The Morgan fingerprint density at radius 2 is 1.56 bits per heavy atom. The van der Waals surface area contributed by atoms with Gasteiger partial charge >= 0.3 is 0 Å². The molecule has 5 N–H and O–H groups in total. The van der Waals surface area contributed by atoms with E-state index in [9.17, 15) is 8.42 Å². The lowest BCUT2D eigenvalue weighted by molar-refractivity contribution is 0.372. The van der Waals surface area contributed by atoms with Crippen molar-refractivity contribution < 1.29 is 8.42 Å². The number of hydrogen-bond acceptors (Lipinski definition) is 3. The number of nitrogens with one attached hydrogen (secondary N) is 1. The first-order valence-electron chi connectivity index (χ1n) is 5.47. The Balaban J connectivity index is 2.88. The Kier molecular flexibility index (Phi) is 4.66. The summed E-state index contributed by atoms with van der Waals surface area (Å²) in [5.41, 5.74) is 4.86. The molecule has 0 aliphatic heterocycles. The van der Waals surface area contributed by atoms with E-state index >= 15 is 0 Å². The molecule has 0 heterocycles. The molecule has 0 aromatic rings. The average molecular weight is 265 g/mol. The normalized spacial score (nSPS) is 22.1. The molecule has 0 saturated heterocycles. The topological polar surface area (TPSA) is 98.2 Å². The number of hydrogen-bond donors (Lipinski definition) is 3. The molecule has 0 aromatic heterocycles. The fourth-order valence-corrected chi connectivity index (χ4v) is 3.36. The number of rotatable bonds is 3. The zero-order valence-electron chi connectivity index (χ0n) is 9.24. The molecule has 0 aromatic carbocycles. The second kappa shape index (κ2) is 5.39. The minimum absolute atomic E-state index is 0.198. The SMILES string of the molecule is NC(=S)C1(NS(N)(=O)=O)CCCCCCC1. The zero-order valence-corrected chi connectivity index (χ0v) is 10.9. The molecule has 1 rings (SSSR count). The lowest BCUT2D eigenvalue weighted by Crippen LogP contribution is -2.58. The molecule has 1 aliphatic rings. The van der Waals surface area contributed by atoms with E-state index in [1.807, 2.05) is 0 Å².